The number of allylic oxidation sites excluding steroid dienone is 1. The van der Waals surface area contributed by atoms with Gasteiger partial charge >= 0.3 is 5.97 Å². The van der Waals surface area contributed by atoms with Crippen LogP contribution in [-0.4, -0.2) is 30.8 Å². The molecule has 0 bridgehead atoms. The van der Waals surface area contributed by atoms with E-state index >= 15 is 0 Å². The number of esters is 1. The van der Waals surface area contributed by atoms with Crippen molar-refractivity contribution in [2.24, 2.45) is 5.41 Å². The van der Waals surface area contributed by atoms with E-state index in [9.17, 15) is 9.59 Å². The number of rotatable bonds is 10. The fraction of sp³-hybridized carbons (Fsp3) is 0.484. The Morgan fingerprint density at radius 2 is 1.43 bits per heavy atom. The van der Waals surface area contributed by atoms with Crippen molar-refractivity contribution in [3.05, 3.63) is 59.2 Å². The molecule has 0 fully saturated rings. The Kier molecular flexibility index (Phi) is 9.96. The van der Waals surface area contributed by atoms with E-state index in [-0.39, 0.29) is 36.2 Å². The van der Waals surface area contributed by atoms with Crippen molar-refractivity contribution in [3.63, 3.8) is 0 Å². The van der Waals surface area contributed by atoms with E-state index in [0.29, 0.717) is 17.1 Å². The second-order valence-electron chi connectivity index (χ2n) is 11.6. The summed E-state index contributed by atoms with van der Waals surface area (Å²) >= 11 is 0. The summed E-state index contributed by atoms with van der Waals surface area (Å²) < 4.78 is 22.9. The topological polar surface area (TPSA) is 71.1 Å². The number of benzene rings is 2. The predicted octanol–water partition coefficient (Wildman–Crippen LogP) is 7.38. The van der Waals surface area contributed by atoms with Crippen LogP contribution in [0, 0.1) is 5.41 Å². The maximum atomic E-state index is 13.0. The van der Waals surface area contributed by atoms with Crippen molar-refractivity contribution < 1.29 is 28.5 Å². The molecule has 0 heterocycles. The van der Waals surface area contributed by atoms with Gasteiger partial charge in [-0.2, -0.15) is 0 Å². The van der Waals surface area contributed by atoms with Crippen LogP contribution in [0.3, 0.4) is 0 Å². The molecule has 6 nitrogen and oxygen atoms in total. The maximum absolute atomic E-state index is 13.0. The van der Waals surface area contributed by atoms with Crippen molar-refractivity contribution in [1.29, 1.82) is 0 Å². The molecule has 0 saturated carbocycles. The third-order valence-corrected chi connectivity index (χ3v) is 5.25. The molecule has 0 N–H and O–H groups in total. The SMILES string of the molecule is CC(C)Oc1ccc(C(C)(C)C)c(OC(C)C)c1C=CC(=O)c1ccc(OCOC(=O)C(C)(C)C)cc1. The summed E-state index contributed by atoms with van der Waals surface area (Å²) in [6, 6.07) is 10.7. The first-order chi connectivity index (χ1) is 17.1. The van der Waals surface area contributed by atoms with Gasteiger partial charge in [0.05, 0.1) is 23.2 Å². The highest BCUT2D eigenvalue weighted by Gasteiger charge is 2.25. The molecular weight excluding hydrogens is 468 g/mol. The standard InChI is InChI=1S/C31H42O6/c1-20(2)36-27-18-16-25(30(5,6)7)28(37-21(3)4)24(27)15-17-26(32)22-11-13-23(14-12-22)34-19-35-29(33)31(8,9)10/h11-18,20-21H,19H2,1-10H3. The summed E-state index contributed by atoms with van der Waals surface area (Å²) in [4.78, 5) is 24.9. The molecule has 0 aliphatic carbocycles. The molecule has 2 aromatic carbocycles. The third kappa shape index (κ3) is 8.96. The average Bonchev–Trinajstić information content (AvgIpc) is 2.76. The Morgan fingerprint density at radius 3 is 1.95 bits per heavy atom. The Bertz CT molecular complexity index is 1100. The molecule has 2 aromatic rings. The smallest absolute Gasteiger partial charge is 0.314 e. The first kappa shape index (κ1) is 29.9. The van der Waals surface area contributed by atoms with Crippen LogP contribution in [-0.2, 0) is 14.9 Å². The summed E-state index contributed by atoms with van der Waals surface area (Å²) in [5, 5.41) is 0. The minimum atomic E-state index is -0.599. The lowest BCUT2D eigenvalue weighted by atomic mass is 9.84. The van der Waals surface area contributed by atoms with Gasteiger partial charge in [-0.15, -0.1) is 0 Å². The van der Waals surface area contributed by atoms with Crippen molar-refractivity contribution in [1.82, 2.24) is 0 Å². The molecule has 0 atom stereocenters. The molecular formula is C31H42O6. The van der Waals surface area contributed by atoms with Crippen LogP contribution in [0.15, 0.2) is 42.5 Å². The average molecular weight is 511 g/mol. The number of ether oxygens (including phenoxy) is 4. The maximum Gasteiger partial charge on any atom is 0.314 e. The second-order valence-corrected chi connectivity index (χ2v) is 11.6. The zero-order valence-electron chi connectivity index (χ0n) is 23.9. The molecule has 0 radical (unpaired) electrons. The van der Waals surface area contributed by atoms with Crippen LogP contribution in [0.2, 0.25) is 0 Å². The Labute approximate surface area is 222 Å². The van der Waals surface area contributed by atoms with E-state index in [1.165, 1.54) is 6.08 Å². The number of hydrogen-bond donors (Lipinski definition) is 0. The van der Waals surface area contributed by atoms with Crippen LogP contribution >= 0.6 is 0 Å². The number of carbonyl (C=O) groups excluding carboxylic acids is 2. The molecule has 0 unspecified atom stereocenters. The second kappa shape index (κ2) is 12.3. The van der Waals surface area contributed by atoms with Crippen molar-refractivity contribution >= 4 is 17.8 Å². The van der Waals surface area contributed by atoms with Gasteiger partial charge in [0.2, 0.25) is 6.79 Å². The van der Waals surface area contributed by atoms with E-state index < -0.39 is 5.41 Å². The van der Waals surface area contributed by atoms with Gasteiger partial charge in [-0.25, -0.2) is 0 Å². The lowest BCUT2D eigenvalue weighted by Gasteiger charge is -2.27. The zero-order valence-corrected chi connectivity index (χ0v) is 23.9. The summed E-state index contributed by atoms with van der Waals surface area (Å²) in [6.07, 6.45) is 3.21. The fourth-order valence-electron chi connectivity index (χ4n) is 3.39. The third-order valence-electron chi connectivity index (χ3n) is 5.25. The summed E-state index contributed by atoms with van der Waals surface area (Å²) in [7, 11) is 0. The van der Waals surface area contributed by atoms with Crippen molar-refractivity contribution in [3.8, 4) is 17.2 Å². The van der Waals surface area contributed by atoms with Gasteiger partial charge in [-0.3, -0.25) is 9.59 Å². The van der Waals surface area contributed by atoms with Gasteiger partial charge in [0.15, 0.2) is 5.78 Å². The highest BCUT2D eigenvalue weighted by atomic mass is 16.7. The molecule has 0 aliphatic heterocycles. The highest BCUT2D eigenvalue weighted by molar-refractivity contribution is 6.07. The van der Waals surface area contributed by atoms with Gasteiger partial charge in [-0.05, 0) is 96.4 Å². The van der Waals surface area contributed by atoms with E-state index in [4.69, 9.17) is 18.9 Å². The quantitative estimate of drug-likeness (QED) is 0.144. The summed E-state index contributed by atoms with van der Waals surface area (Å²) in [5.41, 5.74) is 1.52. The van der Waals surface area contributed by atoms with Crippen LogP contribution < -0.4 is 14.2 Å². The molecule has 0 aliphatic rings. The first-order valence-corrected chi connectivity index (χ1v) is 12.7. The fourth-order valence-corrected chi connectivity index (χ4v) is 3.39. The molecule has 2 rings (SSSR count). The van der Waals surface area contributed by atoms with Crippen LogP contribution in [0.1, 0.15) is 90.7 Å². The molecule has 202 valence electrons. The number of ketones is 1. The molecule has 0 saturated heterocycles. The summed E-state index contributed by atoms with van der Waals surface area (Å²) in [5.74, 6) is 1.37. The van der Waals surface area contributed by atoms with E-state index in [1.807, 2.05) is 39.8 Å². The van der Waals surface area contributed by atoms with Crippen LogP contribution in [0.25, 0.3) is 6.08 Å². The Hall–Kier alpha value is -3.28. The lowest BCUT2D eigenvalue weighted by molar-refractivity contribution is -0.159. The normalized spacial score (nSPS) is 12.2. The predicted molar refractivity (Wildman–Crippen MR) is 148 cm³/mol. The minimum absolute atomic E-state index is 0.0366. The van der Waals surface area contributed by atoms with Gasteiger partial charge < -0.3 is 18.9 Å². The van der Waals surface area contributed by atoms with Gasteiger partial charge in [0.1, 0.15) is 17.2 Å². The van der Waals surface area contributed by atoms with Crippen LogP contribution in [0.5, 0.6) is 17.2 Å². The molecule has 0 amide bonds. The lowest BCUT2D eigenvalue weighted by Crippen LogP contribution is -2.24. The molecule has 0 aromatic heterocycles. The first-order valence-electron chi connectivity index (χ1n) is 12.7. The molecule has 0 spiro atoms. The molecule has 6 heteroatoms. The van der Waals surface area contributed by atoms with Gasteiger partial charge in [0.25, 0.3) is 0 Å². The largest absolute Gasteiger partial charge is 0.490 e. The number of carbonyl (C=O) groups is 2. The Balaban J connectivity index is 2.29. The van der Waals surface area contributed by atoms with Gasteiger partial charge in [-0.1, -0.05) is 26.8 Å². The van der Waals surface area contributed by atoms with Gasteiger partial charge in [0, 0.05) is 11.1 Å². The van der Waals surface area contributed by atoms with Crippen LogP contribution in [0.4, 0.5) is 0 Å². The number of hydrogen-bond acceptors (Lipinski definition) is 6. The summed E-state index contributed by atoms with van der Waals surface area (Å²) in [6.45, 7) is 19.4. The van der Waals surface area contributed by atoms with E-state index in [1.54, 1.807) is 51.1 Å². The zero-order chi connectivity index (χ0) is 28.0. The van der Waals surface area contributed by atoms with Crippen molar-refractivity contribution in [2.45, 2.75) is 86.9 Å². The minimum Gasteiger partial charge on any atom is -0.490 e. The molecule has 37 heavy (non-hydrogen) atoms. The van der Waals surface area contributed by atoms with E-state index in [2.05, 4.69) is 20.8 Å². The van der Waals surface area contributed by atoms with Crippen molar-refractivity contribution in [2.75, 3.05) is 6.79 Å². The monoisotopic (exact) mass is 510 g/mol. The highest BCUT2D eigenvalue weighted by Crippen LogP contribution is 2.40. The van der Waals surface area contributed by atoms with E-state index in [0.717, 1.165) is 16.9 Å². The Morgan fingerprint density at radius 1 is 0.838 bits per heavy atom.